The number of amides is 1. The number of nitrogens with one attached hydrogen (secondary N) is 1. The van der Waals surface area contributed by atoms with Gasteiger partial charge in [-0.05, 0) is 37.3 Å². The Morgan fingerprint density at radius 3 is 2.81 bits per heavy atom. The number of para-hydroxylation sites is 1. The third-order valence-electron chi connectivity index (χ3n) is 4.27. The SMILES string of the molecule is CC(Oc1ccccc1)C(=O)Nc1c2c(nn1-c1cccc(Cl)c1)CSC2. The third kappa shape index (κ3) is 3.82. The maximum atomic E-state index is 12.8. The maximum Gasteiger partial charge on any atom is 0.266 e. The normalized spacial score (nSPS) is 13.9. The molecule has 2 heterocycles. The van der Waals surface area contributed by atoms with Gasteiger partial charge in [0.15, 0.2) is 6.10 Å². The number of rotatable bonds is 5. The van der Waals surface area contributed by atoms with Crippen LogP contribution in [0.4, 0.5) is 5.82 Å². The number of benzene rings is 2. The lowest BCUT2D eigenvalue weighted by atomic mass is 10.2. The number of carbonyl (C=O) groups excluding carboxylic acids is 1. The average molecular weight is 400 g/mol. The molecule has 0 radical (unpaired) electrons. The quantitative estimate of drug-likeness (QED) is 0.676. The predicted octanol–water partition coefficient (Wildman–Crippen LogP) is 4.68. The number of fused-ring (bicyclic) bond motifs is 1. The van der Waals surface area contributed by atoms with Crippen molar-refractivity contribution in [3.05, 3.63) is 70.9 Å². The average Bonchev–Trinajstić information content (AvgIpc) is 3.25. The summed E-state index contributed by atoms with van der Waals surface area (Å²) in [6.07, 6.45) is -0.639. The smallest absolute Gasteiger partial charge is 0.266 e. The fourth-order valence-electron chi connectivity index (χ4n) is 2.91. The van der Waals surface area contributed by atoms with Gasteiger partial charge in [0.25, 0.3) is 5.91 Å². The van der Waals surface area contributed by atoms with Gasteiger partial charge >= 0.3 is 0 Å². The van der Waals surface area contributed by atoms with Gasteiger partial charge in [0.05, 0.1) is 11.4 Å². The summed E-state index contributed by atoms with van der Waals surface area (Å²) >= 11 is 7.92. The molecule has 0 spiro atoms. The molecule has 1 aromatic heterocycles. The van der Waals surface area contributed by atoms with Crippen LogP contribution in [0.25, 0.3) is 5.69 Å². The van der Waals surface area contributed by atoms with Crippen LogP contribution in [0.1, 0.15) is 18.2 Å². The van der Waals surface area contributed by atoms with Crippen molar-refractivity contribution in [2.24, 2.45) is 0 Å². The highest BCUT2D eigenvalue weighted by Gasteiger charge is 2.26. The molecule has 0 bridgehead atoms. The highest BCUT2D eigenvalue weighted by Crippen LogP contribution is 2.36. The standard InChI is InChI=1S/C20H18ClN3O2S/c1-13(26-16-8-3-2-4-9-16)20(25)22-19-17-11-27-12-18(17)23-24(19)15-7-5-6-14(21)10-15/h2-10,13H,11-12H2,1H3,(H,22,25). The molecule has 1 aliphatic heterocycles. The van der Waals surface area contributed by atoms with Crippen molar-refractivity contribution in [1.82, 2.24) is 9.78 Å². The van der Waals surface area contributed by atoms with E-state index < -0.39 is 6.10 Å². The molecule has 0 saturated carbocycles. The molecule has 1 N–H and O–H groups in total. The Kier molecular flexibility index (Phi) is 5.09. The lowest BCUT2D eigenvalue weighted by molar-refractivity contribution is -0.122. The zero-order chi connectivity index (χ0) is 18.8. The minimum Gasteiger partial charge on any atom is -0.481 e. The van der Waals surface area contributed by atoms with E-state index >= 15 is 0 Å². The van der Waals surface area contributed by atoms with Crippen LogP contribution < -0.4 is 10.1 Å². The second-order valence-electron chi connectivity index (χ2n) is 6.22. The number of carbonyl (C=O) groups is 1. The van der Waals surface area contributed by atoms with Gasteiger partial charge in [0.2, 0.25) is 0 Å². The van der Waals surface area contributed by atoms with Crippen LogP contribution in [-0.4, -0.2) is 21.8 Å². The van der Waals surface area contributed by atoms with Crippen molar-refractivity contribution < 1.29 is 9.53 Å². The Bertz CT molecular complexity index is 975. The van der Waals surface area contributed by atoms with Crippen molar-refractivity contribution in [2.75, 3.05) is 5.32 Å². The minimum absolute atomic E-state index is 0.221. The van der Waals surface area contributed by atoms with Gasteiger partial charge in [-0.15, -0.1) is 0 Å². The third-order valence-corrected chi connectivity index (χ3v) is 5.48. The van der Waals surface area contributed by atoms with Crippen molar-refractivity contribution >= 4 is 35.1 Å². The number of nitrogens with zero attached hydrogens (tertiary/aromatic N) is 2. The van der Waals surface area contributed by atoms with E-state index in [1.54, 1.807) is 23.4 Å². The van der Waals surface area contributed by atoms with Crippen molar-refractivity contribution in [2.45, 2.75) is 24.5 Å². The molecule has 1 aliphatic rings. The topological polar surface area (TPSA) is 56.1 Å². The summed E-state index contributed by atoms with van der Waals surface area (Å²) < 4.78 is 7.49. The summed E-state index contributed by atoms with van der Waals surface area (Å²) in [7, 11) is 0. The molecular formula is C20H18ClN3O2S. The molecule has 3 aromatic rings. The number of aromatic nitrogens is 2. The lowest BCUT2D eigenvalue weighted by Crippen LogP contribution is -2.31. The van der Waals surface area contributed by atoms with E-state index in [1.807, 2.05) is 54.6 Å². The Morgan fingerprint density at radius 1 is 1.22 bits per heavy atom. The van der Waals surface area contributed by atoms with E-state index in [-0.39, 0.29) is 5.91 Å². The molecule has 138 valence electrons. The van der Waals surface area contributed by atoms with E-state index in [0.29, 0.717) is 16.6 Å². The summed E-state index contributed by atoms with van der Waals surface area (Å²) in [6.45, 7) is 1.73. The van der Waals surface area contributed by atoms with Gasteiger partial charge in [0, 0.05) is 22.1 Å². The van der Waals surface area contributed by atoms with Crippen molar-refractivity contribution in [1.29, 1.82) is 0 Å². The molecule has 1 unspecified atom stereocenters. The first-order valence-corrected chi connectivity index (χ1v) is 10.1. The zero-order valence-electron chi connectivity index (χ0n) is 14.7. The molecular weight excluding hydrogens is 382 g/mol. The fraction of sp³-hybridized carbons (Fsp3) is 0.200. The van der Waals surface area contributed by atoms with Gasteiger partial charge in [-0.1, -0.05) is 35.9 Å². The fourth-order valence-corrected chi connectivity index (χ4v) is 4.13. The highest BCUT2D eigenvalue weighted by atomic mass is 35.5. The Hall–Kier alpha value is -2.44. The van der Waals surface area contributed by atoms with Crippen LogP contribution in [0.15, 0.2) is 54.6 Å². The van der Waals surface area contributed by atoms with Gasteiger partial charge < -0.3 is 10.1 Å². The Labute approximate surface area is 166 Å². The lowest BCUT2D eigenvalue weighted by Gasteiger charge is -2.16. The summed E-state index contributed by atoms with van der Waals surface area (Å²) in [5.74, 6) is 2.78. The maximum absolute atomic E-state index is 12.8. The summed E-state index contributed by atoms with van der Waals surface area (Å²) in [4.78, 5) is 12.8. The Morgan fingerprint density at radius 2 is 2.04 bits per heavy atom. The largest absolute Gasteiger partial charge is 0.481 e. The summed E-state index contributed by atoms with van der Waals surface area (Å²) in [5, 5.41) is 8.31. The molecule has 1 amide bonds. The molecule has 0 saturated heterocycles. The first-order chi connectivity index (χ1) is 13.1. The van der Waals surface area contributed by atoms with E-state index in [2.05, 4.69) is 10.4 Å². The summed E-state index contributed by atoms with van der Waals surface area (Å²) in [5.41, 5.74) is 2.86. The second-order valence-corrected chi connectivity index (χ2v) is 7.64. The van der Waals surface area contributed by atoms with Crippen molar-refractivity contribution in [3.63, 3.8) is 0 Å². The predicted molar refractivity (Wildman–Crippen MR) is 109 cm³/mol. The number of halogens is 1. The molecule has 0 aliphatic carbocycles. The molecule has 7 heteroatoms. The van der Waals surface area contributed by atoms with Crippen molar-refractivity contribution in [3.8, 4) is 11.4 Å². The molecule has 5 nitrogen and oxygen atoms in total. The van der Waals surface area contributed by atoms with Crippen LogP contribution in [0.2, 0.25) is 5.02 Å². The van der Waals surface area contributed by atoms with Crippen LogP contribution in [0.3, 0.4) is 0 Å². The molecule has 1 atom stereocenters. The number of anilines is 1. The zero-order valence-corrected chi connectivity index (χ0v) is 16.3. The minimum atomic E-state index is -0.639. The number of hydrogen-bond donors (Lipinski definition) is 1. The van der Waals surface area contributed by atoms with E-state index in [4.69, 9.17) is 16.3 Å². The van der Waals surface area contributed by atoms with Crippen LogP contribution >= 0.6 is 23.4 Å². The van der Waals surface area contributed by atoms with E-state index in [9.17, 15) is 4.79 Å². The Balaban J connectivity index is 1.60. The van der Waals surface area contributed by atoms with E-state index in [1.165, 1.54) is 0 Å². The van der Waals surface area contributed by atoms with Crippen LogP contribution in [-0.2, 0) is 16.3 Å². The molecule has 4 rings (SSSR count). The summed E-state index contributed by atoms with van der Waals surface area (Å²) in [6, 6.07) is 16.7. The van der Waals surface area contributed by atoms with Gasteiger partial charge in [-0.25, -0.2) is 4.68 Å². The second kappa shape index (κ2) is 7.66. The molecule has 0 fully saturated rings. The highest BCUT2D eigenvalue weighted by molar-refractivity contribution is 7.98. The number of thioether (sulfide) groups is 1. The molecule has 27 heavy (non-hydrogen) atoms. The van der Waals surface area contributed by atoms with Gasteiger partial charge in [0.1, 0.15) is 11.6 Å². The first kappa shape index (κ1) is 17.9. The van der Waals surface area contributed by atoms with E-state index in [0.717, 1.165) is 28.5 Å². The number of hydrogen-bond acceptors (Lipinski definition) is 4. The monoisotopic (exact) mass is 399 g/mol. The van der Waals surface area contributed by atoms with Gasteiger partial charge in [-0.3, -0.25) is 4.79 Å². The first-order valence-electron chi connectivity index (χ1n) is 8.59. The molecule has 2 aromatic carbocycles. The van der Waals surface area contributed by atoms with Crippen LogP contribution in [0, 0.1) is 0 Å². The number of ether oxygens (including phenoxy) is 1. The van der Waals surface area contributed by atoms with Gasteiger partial charge in [-0.2, -0.15) is 16.9 Å². The van der Waals surface area contributed by atoms with Crippen LogP contribution in [0.5, 0.6) is 5.75 Å².